The predicted molar refractivity (Wildman–Crippen MR) is 193 cm³/mol. The number of rotatable bonds is 3. The van der Waals surface area contributed by atoms with Gasteiger partial charge in [-0.15, -0.1) is 0 Å². The van der Waals surface area contributed by atoms with E-state index in [9.17, 15) is 0 Å². The van der Waals surface area contributed by atoms with E-state index in [1.165, 1.54) is 0 Å². The Labute approximate surface area is 286 Å². The molecule has 241 valence electrons. The van der Waals surface area contributed by atoms with Crippen LogP contribution >= 0.6 is 0 Å². The van der Waals surface area contributed by atoms with Crippen LogP contribution in [0.5, 0.6) is 0 Å². The summed E-state index contributed by atoms with van der Waals surface area (Å²) in [7, 11) is 0. The standard InChI is InChI=1S/C24H28N2.3C5H9N.Fe/c1-23(2,3)25-17-21(19-13-9-7-10-14-19)22(18-26-24(4,5)6)20-15-11-8-12-16-20;3*1-5(2,3)6-4;/h7-16H,1-6H3;3*1-3H3;/q;;;;+3. The second kappa shape index (κ2) is 20.4. The van der Waals surface area contributed by atoms with Crippen LogP contribution in [0.1, 0.15) is 115 Å². The Bertz CT molecular complexity index is 1250. The minimum Gasteiger partial charge on any atom is -0.311 e. The zero-order valence-electron chi connectivity index (χ0n) is 30.4. The van der Waals surface area contributed by atoms with E-state index < -0.39 is 0 Å². The normalized spacial score (nSPS) is 10.6. The zero-order valence-corrected chi connectivity index (χ0v) is 31.5. The third kappa shape index (κ3) is 28.8. The smallest absolute Gasteiger partial charge is 0.311 e. The van der Waals surface area contributed by atoms with Gasteiger partial charge in [0.2, 0.25) is 16.6 Å². The Morgan fingerprint density at radius 2 is 0.667 bits per heavy atom. The average Bonchev–Trinajstić information content (AvgIpc) is 2.90. The summed E-state index contributed by atoms with van der Waals surface area (Å²) in [5.74, 6) is 6.59. The Hall–Kier alpha value is -3.67. The molecule has 0 heterocycles. The molecule has 0 saturated heterocycles. The summed E-state index contributed by atoms with van der Waals surface area (Å²) in [6.07, 6.45) is 0. The van der Waals surface area contributed by atoms with Gasteiger partial charge in [0, 0.05) is 62.3 Å². The Kier molecular flexibility index (Phi) is 20.7. The fourth-order valence-electron chi connectivity index (χ4n) is 2.19. The monoisotopic (exact) mass is 649 g/mol. The van der Waals surface area contributed by atoms with Gasteiger partial charge in [0.15, 0.2) is 0 Å². The molecule has 0 atom stereocenters. The van der Waals surface area contributed by atoms with Gasteiger partial charge in [0.25, 0.3) is 0 Å². The molecule has 2 rings (SSSR count). The Balaban J connectivity index is -0.000000758. The second-order valence-corrected chi connectivity index (χ2v) is 15.1. The van der Waals surface area contributed by atoms with Crippen molar-refractivity contribution in [2.75, 3.05) is 0 Å². The van der Waals surface area contributed by atoms with Gasteiger partial charge in [-0.25, -0.2) is 29.7 Å². The minimum atomic E-state index is -0.205. The van der Waals surface area contributed by atoms with Gasteiger partial charge < -0.3 is 14.5 Å². The number of nitrogens with zero attached hydrogens (tertiary/aromatic N) is 5. The van der Waals surface area contributed by atoms with Crippen LogP contribution in [-0.4, -0.2) is 39.4 Å². The topological polar surface area (TPSA) is 37.8 Å². The first-order chi connectivity index (χ1) is 19.8. The molecule has 2 aromatic rings. The zero-order chi connectivity index (χ0) is 34.8. The maximum atomic E-state index is 6.48. The van der Waals surface area contributed by atoms with Gasteiger partial charge in [0.05, 0.1) is 22.2 Å². The van der Waals surface area contributed by atoms with Crippen molar-refractivity contribution in [2.24, 2.45) is 9.98 Å². The fraction of sp³-hybridized carbons (Fsp3) is 0.513. The van der Waals surface area contributed by atoms with Crippen LogP contribution in [0.25, 0.3) is 25.7 Å². The maximum Gasteiger partial charge on any atom is 3.00 e. The maximum absolute atomic E-state index is 6.48. The molecule has 0 aliphatic heterocycles. The number of benzene rings is 2. The van der Waals surface area contributed by atoms with Gasteiger partial charge in [-0.3, -0.25) is 0 Å². The molecule has 0 aromatic heterocycles. The van der Waals surface area contributed by atoms with E-state index in [1.807, 2.05) is 98.7 Å². The third-order valence-corrected chi connectivity index (χ3v) is 4.39. The number of allylic oxidation sites excluding steroid dienone is 2. The van der Waals surface area contributed by atoms with Gasteiger partial charge in [-0.05, 0) is 64.4 Å². The predicted octanol–water partition coefficient (Wildman–Crippen LogP) is 11.2. The summed E-state index contributed by atoms with van der Waals surface area (Å²) in [4.78, 5) is 19.1. The molecule has 0 unspecified atom stereocenters. The Morgan fingerprint density at radius 1 is 0.467 bits per heavy atom. The van der Waals surface area contributed by atoms with Gasteiger partial charge in [0.1, 0.15) is 0 Å². The van der Waals surface area contributed by atoms with E-state index in [1.54, 1.807) is 0 Å². The third-order valence-electron chi connectivity index (χ3n) is 4.39. The molecule has 0 aliphatic carbocycles. The fourth-order valence-corrected chi connectivity index (χ4v) is 2.19. The van der Waals surface area contributed by atoms with E-state index in [2.05, 4.69) is 102 Å². The van der Waals surface area contributed by atoms with Crippen molar-refractivity contribution in [3.8, 4) is 0 Å². The number of hydrogen-bond donors (Lipinski definition) is 0. The molecule has 0 fully saturated rings. The summed E-state index contributed by atoms with van der Waals surface area (Å²) in [5, 5.41) is 0. The first-order valence-corrected chi connectivity index (χ1v) is 14.8. The molecule has 0 amide bonds. The molecule has 6 heteroatoms. The number of aliphatic imine (C=N–C) groups is 2. The van der Waals surface area contributed by atoms with E-state index >= 15 is 0 Å². The summed E-state index contributed by atoms with van der Waals surface area (Å²) >= 11 is 0. The molecular weight excluding hydrogens is 594 g/mol. The van der Waals surface area contributed by atoms with Crippen molar-refractivity contribution < 1.29 is 17.1 Å². The van der Waals surface area contributed by atoms with Crippen molar-refractivity contribution in [1.29, 1.82) is 0 Å². The van der Waals surface area contributed by atoms with Crippen LogP contribution in [0, 0.1) is 19.7 Å². The van der Waals surface area contributed by atoms with Crippen molar-refractivity contribution >= 4 is 22.9 Å². The van der Waals surface area contributed by atoms with E-state index in [4.69, 9.17) is 19.7 Å². The molecule has 0 bridgehead atoms. The van der Waals surface area contributed by atoms with Crippen molar-refractivity contribution in [1.82, 2.24) is 0 Å². The second-order valence-electron chi connectivity index (χ2n) is 15.1. The minimum absolute atomic E-state index is 0. The number of hydrogen-bond acceptors (Lipinski definition) is 2. The molecule has 1 radical (unpaired) electrons. The van der Waals surface area contributed by atoms with Gasteiger partial charge in [-0.2, -0.15) is 0 Å². The summed E-state index contributed by atoms with van der Waals surface area (Å²) < 4.78 is 0. The van der Waals surface area contributed by atoms with Crippen LogP contribution < -0.4 is 0 Å². The average molecular weight is 650 g/mol. The first-order valence-electron chi connectivity index (χ1n) is 14.8. The summed E-state index contributed by atoms with van der Waals surface area (Å²) in [5.41, 5.74) is 3.00. The van der Waals surface area contributed by atoms with Crippen LogP contribution in [0.2, 0.25) is 0 Å². The quantitative estimate of drug-likeness (QED) is 0.137. The molecule has 45 heavy (non-hydrogen) atoms. The van der Waals surface area contributed by atoms with Crippen LogP contribution in [-0.2, 0) is 17.1 Å². The van der Waals surface area contributed by atoms with Crippen LogP contribution in [0.4, 0.5) is 0 Å². The Morgan fingerprint density at radius 3 is 0.822 bits per heavy atom. The molecule has 0 spiro atoms. The van der Waals surface area contributed by atoms with E-state index in [-0.39, 0.29) is 44.8 Å². The molecule has 2 aromatic carbocycles. The van der Waals surface area contributed by atoms with Crippen molar-refractivity contribution in [2.45, 2.75) is 132 Å². The molecule has 0 N–H and O–H groups in total. The van der Waals surface area contributed by atoms with E-state index in [0.717, 1.165) is 22.3 Å². The molecule has 0 aliphatic rings. The molecule has 0 saturated carbocycles. The van der Waals surface area contributed by atoms with Crippen molar-refractivity contribution in [3.63, 3.8) is 0 Å². The summed E-state index contributed by atoms with van der Waals surface area (Å²) in [6.45, 7) is 48.8. The van der Waals surface area contributed by atoms with Gasteiger partial charge in [-0.1, -0.05) is 60.7 Å². The largest absolute Gasteiger partial charge is 3.00 e. The van der Waals surface area contributed by atoms with Crippen LogP contribution in [0.3, 0.4) is 0 Å². The molecular formula is C39H55FeN5+3. The summed E-state index contributed by atoms with van der Waals surface area (Å²) in [6, 6.07) is 20.4. The van der Waals surface area contributed by atoms with Crippen LogP contribution in [0.15, 0.2) is 70.6 Å². The van der Waals surface area contributed by atoms with E-state index in [0.29, 0.717) is 0 Å². The van der Waals surface area contributed by atoms with Crippen molar-refractivity contribution in [3.05, 3.63) is 106 Å². The first kappa shape index (κ1) is 45.8. The molecule has 5 nitrogen and oxygen atoms in total. The SMILES string of the molecule is CC(C)(C)N=C=C(C(=C=NC(C)(C)C)c1ccccc1)c1ccccc1.[C-]#[N+]C(C)(C)C.[C-]#[N+]C(C)(C)C.[C-]#[N+]C(C)(C)C.[Fe+3]. The van der Waals surface area contributed by atoms with Gasteiger partial charge >= 0.3 is 17.1 Å².